The van der Waals surface area contributed by atoms with E-state index in [1.807, 2.05) is 17.0 Å². The molecule has 3 nitrogen and oxygen atoms in total. The van der Waals surface area contributed by atoms with Crippen LogP contribution in [0.15, 0.2) is 36.9 Å². The topological polar surface area (TPSA) is 23.6 Å². The Hall–Kier alpha value is -1.77. The Bertz CT molecular complexity index is 491. The van der Waals surface area contributed by atoms with Gasteiger partial charge in [-0.1, -0.05) is 18.2 Å². The summed E-state index contributed by atoms with van der Waals surface area (Å²) in [5.41, 5.74) is 2.27. The zero-order chi connectivity index (χ0) is 13.2. The summed E-state index contributed by atoms with van der Waals surface area (Å²) in [6.45, 7) is 6.79. The molecule has 2 saturated heterocycles. The van der Waals surface area contributed by atoms with Crippen molar-refractivity contribution in [3.8, 4) is 0 Å². The summed E-state index contributed by atoms with van der Waals surface area (Å²) >= 11 is 0. The molecule has 1 aromatic carbocycles. The van der Waals surface area contributed by atoms with E-state index in [0.717, 1.165) is 25.3 Å². The Balaban J connectivity index is 1.92. The molecule has 0 aromatic heterocycles. The lowest BCUT2D eigenvalue weighted by atomic mass is 10.1. The van der Waals surface area contributed by atoms with Crippen LogP contribution < -0.4 is 9.80 Å². The Morgan fingerprint density at radius 2 is 1.84 bits per heavy atom. The summed E-state index contributed by atoms with van der Waals surface area (Å²) in [5.74, 6) is 0.510. The first-order chi connectivity index (χ1) is 9.29. The largest absolute Gasteiger partial charge is 0.370 e. The van der Waals surface area contributed by atoms with Gasteiger partial charge in [0.15, 0.2) is 0 Å². The molecule has 1 amide bonds. The highest BCUT2D eigenvalue weighted by Gasteiger charge is 2.31. The second-order valence-electron chi connectivity index (χ2n) is 5.39. The summed E-state index contributed by atoms with van der Waals surface area (Å²) in [4.78, 5) is 16.5. The van der Waals surface area contributed by atoms with E-state index < -0.39 is 0 Å². The Kier molecular flexibility index (Phi) is 3.28. The number of rotatable bonds is 3. The molecule has 3 rings (SSSR count). The van der Waals surface area contributed by atoms with Crippen molar-refractivity contribution >= 4 is 17.3 Å². The molecule has 2 fully saturated rings. The molecular weight excluding hydrogens is 236 g/mol. The van der Waals surface area contributed by atoms with Gasteiger partial charge in [0.25, 0.3) is 0 Å². The highest BCUT2D eigenvalue weighted by molar-refractivity contribution is 5.99. The Morgan fingerprint density at radius 3 is 2.47 bits per heavy atom. The summed E-state index contributed by atoms with van der Waals surface area (Å²) in [6.07, 6.45) is 4.99. The van der Waals surface area contributed by atoms with E-state index in [1.54, 1.807) is 0 Å². The van der Waals surface area contributed by atoms with Gasteiger partial charge < -0.3 is 9.80 Å². The average molecular weight is 256 g/mol. The van der Waals surface area contributed by atoms with Gasteiger partial charge in [-0.15, -0.1) is 6.58 Å². The second-order valence-corrected chi connectivity index (χ2v) is 5.39. The van der Waals surface area contributed by atoms with Crippen molar-refractivity contribution in [1.82, 2.24) is 0 Å². The monoisotopic (exact) mass is 256 g/mol. The van der Waals surface area contributed by atoms with Crippen LogP contribution >= 0.6 is 0 Å². The van der Waals surface area contributed by atoms with Crippen molar-refractivity contribution < 1.29 is 4.79 Å². The van der Waals surface area contributed by atoms with E-state index >= 15 is 0 Å². The smallest absolute Gasteiger partial charge is 0.227 e. The van der Waals surface area contributed by atoms with Gasteiger partial charge in [-0.25, -0.2) is 0 Å². The second kappa shape index (κ2) is 5.08. The van der Waals surface area contributed by atoms with Crippen LogP contribution in [-0.2, 0) is 4.79 Å². The van der Waals surface area contributed by atoms with Gasteiger partial charge in [0.05, 0.1) is 11.4 Å². The predicted molar refractivity (Wildman–Crippen MR) is 78.5 cm³/mol. The third-order valence-corrected chi connectivity index (χ3v) is 4.11. The molecule has 1 unspecified atom stereocenters. The van der Waals surface area contributed by atoms with Crippen molar-refractivity contribution in [1.29, 1.82) is 0 Å². The van der Waals surface area contributed by atoms with Crippen molar-refractivity contribution in [3.63, 3.8) is 0 Å². The first-order valence-corrected chi connectivity index (χ1v) is 7.06. The quantitative estimate of drug-likeness (QED) is 0.776. The van der Waals surface area contributed by atoms with Crippen LogP contribution in [0.1, 0.15) is 19.3 Å². The minimum atomic E-state index is 0.219. The van der Waals surface area contributed by atoms with Gasteiger partial charge in [0, 0.05) is 32.0 Å². The van der Waals surface area contributed by atoms with Gasteiger partial charge in [-0.2, -0.15) is 0 Å². The maximum Gasteiger partial charge on any atom is 0.227 e. The van der Waals surface area contributed by atoms with Gasteiger partial charge in [-0.05, 0) is 25.0 Å². The van der Waals surface area contributed by atoms with Crippen molar-refractivity contribution in [2.75, 3.05) is 29.4 Å². The van der Waals surface area contributed by atoms with Gasteiger partial charge >= 0.3 is 0 Å². The number of para-hydroxylation sites is 2. The standard InChI is InChI=1S/C16H20N2O/c1-2-13-11-16(19)18(12-13)15-8-4-3-7-14(15)17-9-5-6-10-17/h2-4,7-8,13H,1,5-6,9-12H2. The third-order valence-electron chi connectivity index (χ3n) is 4.11. The Morgan fingerprint density at radius 1 is 1.16 bits per heavy atom. The summed E-state index contributed by atoms with van der Waals surface area (Å²) in [5, 5.41) is 0. The van der Waals surface area contributed by atoms with E-state index in [0.29, 0.717) is 12.3 Å². The van der Waals surface area contributed by atoms with E-state index in [2.05, 4.69) is 29.7 Å². The maximum atomic E-state index is 12.2. The van der Waals surface area contributed by atoms with Crippen LogP contribution in [0.25, 0.3) is 0 Å². The van der Waals surface area contributed by atoms with Crippen LogP contribution in [0.3, 0.4) is 0 Å². The van der Waals surface area contributed by atoms with Crippen molar-refractivity contribution in [2.45, 2.75) is 19.3 Å². The predicted octanol–water partition coefficient (Wildman–Crippen LogP) is 2.83. The lowest BCUT2D eigenvalue weighted by Gasteiger charge is -2.26. The third kappa shape index (κ3) is 2.25. The number of benzene rings is 1. The van der Waals surface area contributed by atoms with Gasteiger partial charge in [-0.3, -0.25) is 4.79 Å². The molecule has 2 aliphatic heterocycles. The van der Waals surface area contributed by atoms with Gasteiger partial charge in [0.2, 0.25) is 5.91 Å². The summed E-state index contributed by atoms with van der Waals surface area (Å²) in [7, 11) is 0. The maximum absolute atomic E-state index is 12.2. The number of nitrogens with zero attached hydrogens (tertiary/aromatic N) is 2. The van der Waals surface area contributed by atoms with Crippen LogP contribution in [0, 0.1) is 5.92 Å². The fourth-order valence-corrected chi connectivity index (χ4v) is 3.04. The van der Waals surface area contributed by atoms with Crippen LogP contribution in [0.5, 0.6) is 0 Å². The van der Waals surface area contributed by atoms with Crippen molar-refractivity contribution in [3.05, 3.63) is 36.9 Å². The van der Waals surface area contributed by atoms with E-state index in [1.165, 1.54) is 18.5 Å². The van der Waals surface area contributed by atoms with Crippen LogP contribution in [0.4, 0.5) is 11.4 Å². The lowest BCUT2D eigenvalue weighted by Crippen LogP contribution is -2.28. The number of anilines is 2. The van der Waals surface area contributed by atoms with E-state index in [-0.39, 0.29) is 5.91 Å². The van der Waals surface area contributed by atoms with Gasteiger partial charge in [0.1, 0.15) is 0 Å². The number of hydrogen-bond acceptors (Lipinski definition) is 2. The highest BCUT2D eigenvalue weighted by atomic mass is 16.2. The molecule has 0 N–H and O–H groups in total. The summed E-state index contributed by atoms with van der Waals surface area (Å²) in [6, 6.07) is 8.28. The number of hydrogen-bond donors (Lipinski definition) is 0. The lowest BCUT2D eigenvalue weighted by molar-refractivity contribution is -0.117. The van der Waals surface area contributed by atoms with E-state index in [4.69, 9.17) is 0 Å². The molecule has 2 aliphatic rings. The fraction of sp³-hybridized carbons (Fsp3) is 0.438. The zero-order valence-corrected chi connectivity index (χ0v) is 11.2. The zero-order valence-electron chi connectivity index (χ0n) is 11.2. The fourth-order valence-electron chi connectivity index (χ4n) is 3.04. The first kappa shape index (κ1) is 12.3. The molecule has 2 heterocycles. The molecule has 19 heavy (non-hydrogen) atoms. The molecule has 0 bridgehead atoms. The number of amides is 1. The summed E-state index contributed by atoms with van der Waals surface area (Å²) < 4.78 is 0. The van der Waals surface area contributed by atoms with Crippen LogP contribution in [-0.4, -0.2) is 25.5 Å². The molecule has 0 saturated carbocycles. The number of carbonyl (C=O) groups excluding carboxylic acids is 1. The minimum Gasteiger partial charge on any atom is -0.370 e. The molecule has 3 heteroatoms. The molecule has 1 aromatic rings. The highest BCUT2D eigenvalue weighted by Crippen LogP contribution is 2.35. The number of carbonyl (C=O) groups is 1. The average Bonchev–Trinajstić information content (AvgIpc) is 3.08. The van der Waals surface area contributed by atoms with E-state index in [9.17, 15) is 4.79 Å². The molecule has 1 atom stereocenters. The Labute approximate surface area is 114 Å². The van der Waals surface area contributed by atoms with Crippen LogP contribution in [0.2, 0.25) is 0 Å². The molecule has 0 spiro atoms. The first-order valence-electron chi connectivity index (χ1n) is 7.06. The van der Waals surface area contributed by atoms with Crippen molar-refractivity contribution in [2.24, 2.45) is 5.92 Å². The molecule has 0 aliphatic carbocycles. The molecular formula is C16H20N2O. The molecule has 0 radical (unpaired) electrons. The SMILES string of the molecule is C=CC1CC(=O)N(c2ccccc2N2CCCC2)C1. The minimum absolute atomic E-state index is 0.219. The molecule has 100 valence electrons. The normalized spacial score (nSPS) is 23.2.